The van der Waals surface area contributed by atoms with E-state index in [0.717, 1.165) is 30.0 Å². The molecule has 1 N–H and O–H groups in total. The van der Waals surface area contributed by atoms with E-state index in [4.69, 9.17) is 0 Å². The van der Waals surface area contributed by atoms with Crippen LogP contribution >= 0.6 is 11.3 Å². The van der Waals surface area contributed by atoms with Crippen LogP contribution in [0.25, 0.3) is 0 Å². The van der Waals surface area contributed by atoms with Crippen LogP contribution in [0.4, 0.5) is 0 Å². The molecule has 0 aliphatic carbocycles. The van der Waals surface area contributed by atoms with Gasteiger partial charge in [-0.15, -0.1) is 11.3 Å². The molecule has 0 aromatic carbocycles. The zero-order valence-corrected chi connectivity index (χ0v) is 14.1. The topological polar surface area (TPSA) is 49.4 Å². The van der Waals surface area contributed by atoms with Gasteiger partial charge in [0.2, 0.25) is 0 Å². The van der Waals surface area contributed by atoms with Crippen molar-refractivity contribution in [1.29, 1.82) is 0 Å². The molecule has 0 radical (unpaired) electrons. The highest BCUT2D eigenvalue weighted by molar-refractivity contribution is 7.91. The summed E-state index contributed by atoms with van der Waals surface area (Å²) in [6, 6.07) is 3.62. The lowest BCUT2D eigenvalue weighted by Crippen LogP contribution is -2.31. The van der Waals surface area contributed by atoms with Crippen molar-refractivity contribution in [3.63, 3.8) is 0 Å². The highest BCUT2D eigenvalue weighted by atomic mass is 32.2. The molecule has 0 bridgehead atoms. The molecule has 4 nitrogen and oxygen atoms in total. The summed E-state index contributed by atoms with van der Waals surface area (Å²) in [5, 5.41) is 3.24. The second-order valence-electron chi connectivity index (χ2n) is 4.71. The average molecular weight is 316 g/mol. The summed E-state index contributed by atoms with van der Waals surface area (Å²) in [6.07, 6.45) is 0.862. The van der Waals surface area contributed by atoms with Crippen LogP contribution in [0, 0.1) is 0 Å². The van der Waals surface area contributed by atoms with Crippen molar-refractivity contribution in [3.05, 3.63) is 29.2 Å². The molecule has 1 rings (SSSR count). The maximum Gasteiger partial charge on any atom is 0.252 e. The molecule has 0 saturated heterocycles. The van der Waals surface area contributed by atoms with Crippen molar-refractivity contribution in [3.8, 4) is 0 Å². The Hall–Kier alpha value is -0.690. The van der Waals surface area contributed by atoms with E-state index in [0.29, 0.717) is 17.3 Å². The molecule has 6 heteroatoms. The van der Waals surface area contributed by atoms with Gasteiger partial charge in [0.15, 0.2) is 0 Å². The Labute approximate surface area is 126 Å². The standard InChI is InChI=1S/C14H24N2O2S2/c1-5-15-10-9-13-7-8-14(19-13)20(17,18)16(6-2)11-12(3)4/h7-8,15H,3,5-6,9-11H2,1-2,4H3. The summed E-state index contributed by atoms with van der Waals surface area (Å²) in [7, 11) is -3.39. The highest BCUT2D eigenvalue weighted by Crippen LogP contribution is 2.25. The first kappa shape index (κ1) is 17.4. The van der Waals surface area contributed by atoms with E-state index in [2.05, 4.69) is 18.8 Å². The largest absolute Gasteiger partial charge is 0.317 e. The van der Waals surface area contributed by atoms with Gasteiger partial charge in [0.25, 0.3) is 10.0 Å². The van der Waals surface area contributed by atoms with Gasteiger partial charge in [-0.3, -0.25) is 0 Å². The number of thiophene rings is 1. The summed E-state index contributed by atoms with van der Waals surface area (Å²) in [4.78, 5) is 1.09. The Bertz CT molecular complexity index is 535. The zero-order valence-electron chi connectivity index (χ0n) is 12.5. The third kappa shape index (κ3) is 4.70. The van der Waals surface area contributed by atoms with Gasteiger partial charge in [0.1, 0.15) is 4.21 Å². The van der Waals surface area contributed by atoms with E-state index >= 15 is 0 Å². The van der Waals surface area contributed by atoms with Crippen LogP contribution in [-0.2, 0) is 16.4 Å². The van der Waals surface area contributed by atoms with Gasteiger partial charge in [-0.25, -0.2) is 8.42 Å². The van der Waals surface area contributed by atoms with Gasteiger partial charge in [0, 0.05) is 18.0 Å². The summed E-state index contributed by atoms with van der Waals surface area (Å²) in [5.74, 6) is 0. The third-order valence-electron chi connectivity index (χ3n) is 2.83. The van der Waals surface area contributed by atoms with Crippen molar-refractivity contribution in [2.75, 3.05) is 26.2 Å². The van der Waals surface area contributed by atoms with Crippen molar-refractivity contribution in [2.24, 2.45) is 0 Å². The molecule has 1 heterocycles. The molecule has 0 unspecified atom stereocenters. The van der Waals surface area contributed by atoms with Crippen LogP contribution < -0.4 is 5.32 Å². The lowest BCUT2D eigenvalue weighted by molar-refractivity contribution is 0.454. The van der Waals surface area contributed by atoms with Crippen LogP contribution in [-0.4, -0.2) is 38.9 Å². The fraction of sp³-hybridized carbons (Fsp3) is 0.571. The SMILES string of the molecule is C=C(C)CN(CC)S(=O)(=O)c1ccc(CCNCC)s1. The Morgan fingerprint density at radius 2 is 2.10 bits per heavy atom. The highest BCUT2D eigenvalue weighted by Gasteiger charge is 2.24. The summed E-state index contributed by atoms with van der Waals surface area (Å²) < 4.78 is 26.9. The second kappa shape index (κ2) is 7.93. The molecule has 0 aliphatic rings. The molecule has 0 amide bonds. The molecule has 114 valence electrons. The van der Waals surface area contributed by atoms with Crippen molar-refractivity contribution < 1.29 is 8.42 Å². The van der Waals surface area contributed by atoms with Gasteiger partial charge in [-0.1, -0.05) is 26.0 Å². The van der Waals surface area contributed by atoms with E-state index in [1.54, 1.807) is 6.07 Å². The molecule has 0 saturated carbocycles. The summed E-state index contributed by atoms with van der Waals surface area (Å²) >= 11 is 1.36. The maximum absolute atomic E-state index is 12.5. The molecule has 0 atom stereocenters. The Morgan fingerprint density at radius 1 is 1.40 bits per heavy atom. The van der Waals surface area contributed by atoms with Crippen LogP contribution in [0.1, 0.15) is 25.6 Å². The van der Waals surface area contributed by atoms with E-state index in [1.165, 1.54) is 15.6 Å². The first-order valence-electron chi connectivity index (χ1n) is 6.85. The van der Waals surface area contributed by atoms with Gasteiger partial charge >= 0.3 is 0 Å². The number of nitrogens with zero attached hydrogens (tertiary/aromatic N) is 1. The van der Waals surface area contributed by atoms with Crippen LogP contribution in [0.15, 0.2) is 28.5 Å². The first-order chi connectivity index (χ1) is 9.41. The number of hydrogen-bond donors (Lipinski definition) is 1. The van der Waals surface area contributed by atoms with E-state index < -0.39 is 10.0 Å². The number of hydrogen-bond acceptors (Lipinski definition) is 4. The minimum atomic E-state index is -3.39. The first-order valence-corrected chi connectivity index (χ1v) is 9.11. The van der Waals surface area contributed by atoms with Gasteiger partial charge in [-0.05, 0) is 38.6 Å². The molecule has 0 aliphatic heterocycles. The van der Waals surface area contributed by atoms with E-state index in [9.17, 15) is 8.42 Å². The summed E-state index contributed by atoms with van der Waals surface area (Å²) in [5.41, 5.74) is 0.847. The fourth-order valence-electron chi connectivity index (χ4n) is 1.81. The maximum atomic E-state index is 12.5. The minimum absolute atomic E-state index is 0.378. The lowest BCUT2D eigenvalue weighted by atomic mass is 10.3. The molecule has 1 aromatic heterocycles. The third-order valence-corrected chi connectivity index (χ3v) is 6.36. The number of rotatable bonds is 9. The smallest absolute Gasteiger partial charge is 0.252 e. The predicted octanol–water partition coefficient (Wildman–Crippen LogP) is 2.49. The monoisotopic (exact) mass is 316 g/mol. The van der Waals surface area contributed by atoms with Gasteiger partial charge in [0.05, 0.1) is 0 Å². The van der Waals surface area contributed by atoms with Crippen molar-refractivity contribution in [2.45, 2.75) is 31.4 Å². The second-order valence-corrected chi connectivity index (χ2v) is 8.05. The molecular formula is C14H24N2O2S2. The fourth-order valence-corrected chi connectivity index (χ4v) is 4.83. The normalized spacial score (nSPS) is 12.0. The Kier molecular flexibility index (Phi) is 6.88. The lowest BCUT2D eigenvalue weighted by Gasteiger charge is -2.19. The van der Waals surface area contributed by atoms with E-state index in [1.807, 2.05) is 19.9 Å². The van der Waals surface area contributed by atoms with E-state index in [-0.39, 0.29) is 0 Å². The minimum Gasteiger partial charge on any atom is -0.317 e. The molecule has 20 heavy (non-hydrogen) atoms. The summed E-state index contributed by atoms with van der Waals surface area (Å²) in [6.45, 7) is 12.2. The van der Waals surface area contributed by atoms with Crippen LogP contribution in [0.3, 0.4) is 0 Å². The van der Waals surface area contributed by atoms with Gasteiger partial charge < -0.3 is 5.32 Å². The van der Waals surface area contributed by atoms with Crippen molar-refractivity contribution >= 4 is 21.4 Å². The molecule has 0 fully saturated rings. The van der Waals surface area contributed by atoms with Crippen molar-refractivity contribution in [1.82, 2.24) is 9.62 Å². The number of likely N-dealkylation sites (N-methyl/N-ethyl adjacent to an activating group) is 2. The number of nitrogens with one attached hydrogen (secondary N) is 1. The van der Waals surface area contributed by atoms with Crippen LogP contribution in [0.5, 0.6) is 0 Å². The quantitative estimate of drug-likeness (QED) is 0.562. The molecule has 0 spiro atoms. The zero-order chi connectivity index (χ0) is 15.2. The predicted molar refractivity (Wildman–Crippen MR) is 85.8 cm³/mol. The van der Waals surface area contributed by atoms with Gasteiger partial charge in [-0.2, -0.15) is 4.31 Å². The Morgan fingerprint density at radius 3 is 2.65 bits per heavy atom. The van der Waals surface area contributed by atoms with Crippen LogP contribution in [0.2, 0.25) is 0 Å². The number of sulfonamides is 1. The molecular weight excluding hydrogens is 292 g/mol. The molecule has 1 aromatic rings. The Balaban J connectivity index is 2.83. The average Bonchev–Trinajstić information content (AvgIpc) is 2.85.